The summed E-state index contributed by atoms with van der Waals surface area (Å²) in [5, 5.41) is 8.87. The average Bonchev–Trinajstić information content (AvgIpc) is 2.48. The van der Waals surface area contributed by atoms with Crippen molar-refractivity contribution in [1.82, 2.24) is 4.98 Å². The predicted molar refractivity (Wildman–Crippen MR) is 80.6 cm³/mol. The first kappa shape index (κ1) is 14.2. The van der Waals surface area contributed by atoms with E-state index in [0.717, 1.165) is 15.7 Å². The second-order valence-electron chi connectivity index (χ2n) is 4.34. The number of aryl methyl sites for hydroxylation is 1. The third-order valence-electron chi connectivity index (χ3n) is 2.95. The number of anilines is 1. The lowest BCUT2D eigenvalue weighted by Gasteiger charge is -2.19. The van der Waals surface area contributed by atoms with E-state index in [9.17, 15) is 4.79 Å². The maximum absolute atomic E-state index is 12.4. The van der Waals surface area contributed by atoms with Gasteiger partial charge in [-0.2, -0.15) is 5.26 Å². The van der Waals surface area contributed by atoms with Gasteiger partial charge in [-0.05, 0) is 36.8 Å². The molecule has 0 aliphatic heterocycles. The minimum Gasteiger partial charge on any atom is -0.310 e. The van der Waals surface area contributed by atoms with Crippen LogP contribution in [0.15, 0.2) is 41.0 Å². The molecule has 1 aromatic carbocycles. The van der Waals surface area contributed by atoms with Gasteiger partial charge in [0.2, 0.25) is 0 Å². The Morgan fingerprint density at radius 3 is 2.80 bits per heavy atom. The highest BCUT2D eigenvalue weighted by Crippen LogP contribution is 2.24. The summed E-state index contributed by atoms with van der Waals surface area (Å²) < 4.78 is 0.900. The first-order valence-corrected chi connectivity index (χ1v) is 6.72. The van der Waals surface area contributed by atoms with Crippen molar-refractivity contribution in [2.75, 3.05) is 11.9 Å². The van der Waals surface area contributed by atoms with Crippen LogP contribution in [0.1, 0.15) is 21.6 Å². The molecule has 0 aliphatic carbocycles. The number of hydrogen-bond donors (Lipinski definition) is 0. The Labute approximate surface area is 125 Å². The van der Waals surface area contributed by atoms with Crippen LogP contribution in [0.5, 0.6) is 0 Å². The third kappa shape index (κ3) is 2.86. The number of benzene rings is 1. The normalized spacial score (nSPS) is 9.90. The third-order valence-corrected chi connectivity index (χ3v) is 3.44. The number of carbonyl (C=O) groups excluding carboxylic acids is 1. The van der Waals surface area contributed by atoms with Crippen LogP contribution >= 0.6 is 15.9 Å². The molecule has 1 heterocycles. The van der Waals surface area contributed by atoms with E-state index in [0.29, 0.717) is 5.56 Å². The Kier molecular flexibility index (Phi) is 4.16. The monoisotopic (exact) mass is 329 g/mol. The predicted octanol–water partition coefficient (Wildman–Crippen LogP) is 3.30. The van der Waals surface area contributed by atoms with Crippen LogP contribution < -0.4 is 4.90 Å². The molecule has 2 rings (SSSR count). The second-order valence-corrected chi connectivity index (χ2v) is 5.25. The van der Waals surface area contributed by atoms with Crippen molar-refractivity contribution in [3.05, 3.63) is 57.8 Å². The maximum atomic E-state index is 12.4. The molecular formula is C15H12BrN3O. The molecule has 1 amide bonds. The van der Waals surface area contributed by atoms with Gasteiger partial charge in [-0.15, -0.1) is 0 Å². The lowest BCUT2D eigenvalue weighted by atomic mass is 10.1. The lowest BCUT2D eigenvalue weighted by molar-refractivity contribution is 0.0988. The van der Waals surface area contributed by atoms with Gasteiger partial charge in [-0.1, -0.05) is 22.0 Å². The Morgan fingerprint density at radius 1 is 1.35 bits per heavy atom. The van der Waals surface area contributed by atoms with Crippen LogP contribution in [0.2, 0.25) is 0 Å². The summed E-state index contributed by atoms with van der Waals surface area (Å²) in [7, 11) is 1.69. The summed E-state index contributed by atoms with van der Waals surface area (Å²) in [4.78, 5) is 18.0. The van der Waals surface area contributed by atoms with Crippen LogP contribution in [0, 0.1) is 18.3 Å². The second kappa shape index (κ2) is 5.85. The molecule has 0 radical (unpaired) electrons. The summed E-state index contributed by atoms with van der Waals surface area (Å²) in [6.45, 7) is 1.94. The number of pyridine rings is 1. The van der Waals surface area contributed by atoms with Crippen molar-refractivity contribution in [2.45, 2.75) is 6.92 Å². The summed E-state index contributed by atoms with van der Waals surface area (Å²) in [5.74, 6) is -0.247. The van der Waals surface area contributed by atoms with E-state index in [-0.39, 0.29) is 11.6 Å². The Balaban J connectivity index is 2.37. The van der Waals surface area contributed by atoms with Gasteiger partial charge in [0.1, 0.15) is 5.69 Å². The minimum absolute atomic E-state index is 0.247. The molecule has 2 aromatic rings. The largest absolute Gasteiger partial charge is 0.310 e. The van der Waals surface area contributed by atoms with Crippen LogP contribution in [0.25, 0.3) is 0 Å². The van der Waals surface area contributed by atoms with Crippen molar-refractivity contribution in [2.24, 2.45) is 0 Å². The summed E-state index contributed by atoms with van der Waals surface area (Å²) in [5.41, 5.74) is 2.46. The Morgan fingerprint density at radius 2 is 2.10 bits per heavy atom. The van der Waals surface area contributed by atoms with E-state index in [2.05, 4.69) is 20.9 Å². The Hall–Kier alpha value is -2.19. The van der Waals surface area contributed by atoms with Crippen LogP contribution in [0.4, 0.5) is 5.69 Å². The number of rotatable bonds is 2. The fraction of sp³-hybridized carbons (Fsp3) is 0.133. The SMILES string of the molecule is Cc1ccc(Br)cc1N(C)C(=O)c1cc(C#N)ccn1. The van der Waals surface area contributed by atoms with Gasteiger partial charge in [-0.25, -0.2) is 0 Å². The lowest BCUT2D eigenvalue weighted by Crippen LogP contribution is -2.27. The van der Waals surface area contributed by atoms with Gasteiger partial charge < -0.3 is 4.90 Å². The van der Waals surface area contributed by atoms with Gasteiger partial charge in [0.25, 0.3) is 5.91 Å². The van der Waals surface area contributed by atoms with E-state index in [1.165, 1.54) is 17.2 Å². The Bertz CT molecular complexity index is 707. The van der Waals surface area contributed by atoms with Gasteiger partial charge in [0.05, 0.1) is 11.6 Å². The average molecular weight is 330 g/mol. The van der Waals surface area contributed by atoms with Gasteiger partial charge in [-0.3, -0.25) is 9.78 Å². The smallest absolute Gasteiger partial charge is 0.276 e. The molecule has 0 atom stereocenters. The highest BCUT2D eigenvalue weighted by atomic mass is 79.9. The molecule has 0 N–H and O–H groups in total. The zero-order chi connectivity index (χ0) is 14.7. The maximum Gasteiger partial charge on any atom is 0.276 e. The first-order chi connectivity index (χ1) is 9.52. The number of amides is 1. The van der Waals surface area contributed by atoms with Crippen molar-refractivity contribution in [3.63, 3.8) is 0 Å². The molecule has 5 heteroatoms. The highest BCUT2D eigenvalue weighted by molar-refractivity contribution is 9.10. The van der Waals surface area contributed by atoms with Crippen molar-refractivity contribution in [3.8, 4) is 6.07 Å². The summed E-state index contributed by atoms with van der Waals surface area (Å²) >= 11 is 3.40. The van der Waals surface area contributed by atoms with E-state index in [4.69, 9.17) is 5.26 Å². The fourth-order valence-corrected chi connectivity index (χ4v) is 2.19. The molecule has 0 saturated carbocycles. The minimum atomic E-state index is -0.247. The molecule has 0 unspecified atom stereocenters. The molecule has 0 aliphatic rings. The molecule has 4 nitrogen and oxygen atoms in total. The van der Waals surface area contributed by atoms with E-state index in [1.807, 2.05) is 31.2 Å². The number of aromatic nitrogens is 1. The molecule has 100 valence electrons. The molecular weight excluding hydrogens is 318 g/mol. The number of carbonyl (C=O) groups is 1. The standard InChI is InChI=1S/C15H12BrN3O/c1-10-3-4-12(16)8-14(10)19(2)15(20)13-7-11(9-17)5-6-18-13/h3-8H,1-2H3. The zero-order valence-electron chi connectivity index (χ0n) is 11.1. The first-order valence-electron chi connectivity index (χ1n) is 5.93. The van der Waals surface area contributed by atoms with Crippen LogP contribution in [0.3, 0.4) is 0 Å². The molecule has 0 spiro atoms. The number of halogens is 1. The number of hydrogen-bond acceptors (Lipinski definition) is 3. The van der Waals surface area contributed by atoms with Crippen molar-refractivity contribution in [1.29, 1.82) is 5.26 Å². The van der Waals surface area contributed by atoms with Gasteiger partial charge in [0.15, 0.2) is 0 Å². The van der Waals surface area contributed by atoms with Crippen LogP contribution in [-0.2, 0) is 0 Å². The van der Waals surface area contributed by atoms with E-state index in [1.54, 1.807) is 13.1 Å². The fourth-order valence-electron chi connectivity index (χ4n) is 1.84. The molecule has 0 fully saturated rings. The van der Waals surface area contributed by atoms with Crippen molar-refractivity contribution < 1.29 is 4.79 Å². The quantitative estimate of drug-likeness (QED) is 0.849. The van der Waals surface area contributed by atoms with E-state index < -0.39 is 0 Å². The zero-order valence-corrected chi connectivity index (χ0v) is 12.7. The van der Waals surface area contributed by atoms with Gasteiger partial charge in [0, 0.05) is 23.4 Å². The number of nitrogens with zero attached hydrogens (tertiary/aromatic N) is 3. The molecule has 1 aromatic heterocycles. The molecule has 0 saturated heterocycles. The molecule has 0 bridgehead atoms. The summed E-state index contributed by atoms with van der Waals surface area (Å²) in [6.07, 6.45) is 1.47. The van der Waals surface area contributed by atoms with Gasteiger partial charge >= 0.3 is 0 Å². The topological polar surface area (TPSA) is 57.0 Å². The van der Waals surface area contributed by atoms with E-state index >= 15 is 0 Å². The van der Waals surface area contributed by atoms with Crippen molar-refractivity contribution >= 4 is 27.5 Å². The molecule has 20 heavy (non-hydrogen) atoms. The van der Waals surface area contributed by atoms with Crippen LogP contribution in [-0.4, -0.2) is 17.9 Å². The number of nitriles is 1. The highest BCUT2D eigenvalue weighted by Gasteiger charge is 2.17. The summed E-state index contributed by atoms with van der Waals surface area (Å²) in [6, 6.07) is 10.8.